The number of carbonyl (C=O) groups excluding carboxylic acids is 3. The standard InChI is InChI=1S/C17H10ClNO6/c18-12-7-9(8-13-14(12)24-6-5-23-13)17(22)25-19-15(20)10-3-1-2-4-11(10)16(19)21/h1-4,7-8H,5-6H2. The first-order chi connectivity index (χ1) is 12.1. The highest BCUT2D eigenvalue weighted by Crippen LogP contribution is 2.38. The van der Waals surface area contributed by atoms with Crippen molar-refractivity contribution in [2.45, 2.75) is 0 Å². The van der Waals surface area contributed by atoms with Gasteiger partial charge in [0.05, 0.1) is 21.7 Å². The Kier molecular flexibility index (Phi) is 3.58. The quantitative estimate of drug-likeness (QED) is 0.766. The predicted molar refractivity (Wildman–Crippen MR) is 84.8 cm³/mol. The molecular formula is C17H10ClNO6. The number of nitrogens with zero attached hydrogens (tertiary/aromatic N) is 1. The molecule has 0 fully saturated rings. The van der Waals surface area contributed by atoms with Gasteiger partial charge >= 0.3 is 5.97 Å². The molecule has 8 heteroatoms. The molecule has 0 N–H and O–H groups in total. The highest BCUT2D eigenvalue weighted by Gasteiger charge is 2.39. The molecule has 0 atom stereocenters. The molecular weight excluding hydrogens is 350 g/mol. The van der Waals surface area contributed by atoms with E-state index in [4.69, 9.17) is 25.9 Å². The second-order valence-electron chi connectivity index (χ2n) is 5.31. The number of fused-ring (bicyclic) bond motifs is 2. The maximum absolute atomic E-state index is 12.4. The van der Waals surface area contributed by atoms with Gasteiger partial charge in [0.2, 0.25) is 0 Å². The summed E-state index contributed by atoms with van der Waals surface area (Å²) in [6.45, 7) is 0.672. The first-order valence-corrected chi connectivity index (χ1v) is 7.73. The van der Waals surface area contributed by atoms with Crippen molar-refractivity contribution in [3.8, 4) is 11.5 Å². The molecule has 126 valence electrons. The topological polar surface area (TPSA) is 82.1 Å². The minimum Gasteiger partial charge on any atom is -0.486 e. The van der Waals surface area contributed by atoms with E-state index >= 15 is 0 Å². The van der Waals surface area contributed by atoms with Crippen LogP contribution in [0.2, 0.25) is 5.02 Å². The van der Waals surface area contributed by atoms with E-state index in [0.717, 1.165) is 0 Å². The first-order valence-electron chi connectivity index (χ1n) is 7.35. The van der Waals surface area contributed by atoms with Crippen LogP contribution in [0.3, 0.4) is 0 Å². The van der Waals surface area contributed by atoms with Crippen LogP contribution in [0.5, 0.6) is 11.5 Å². The Morgan fingerprint density at radius 1 is 1.04 bits per heavy atom. The van der Waals surface area contributed by atoms with Gasteiger partial charge in [0.1, 0.15) is 13.2 Å². The molecule has 2 aromatic carbocycles. The van der Waals surface area contributed by atoms with Gasteiger partial charge < -0.3 is 14.3 Å². The Morgan fingerprint density at radius 2 is 1.68 bits per heavy atom. The van der Waals surface area contributed by atoms with Crippen LogP contribution in [0, 0.1) is 0 Å². The fraction of sp³-hybridized carbons (Fsp3) is 0.118. The Balaban J connectivity index is 1.60. The SMILES string of the molecule is O=C(ON1C(=O)c2ccccc2C1=O)c1cc(Cl)c2c(c1)OCCO2. The largest absolute Gasteiger partial charge is 0.486 e. The van der Waals surface area contributed by atoms with E-state index in [1.807, 2.05) is 0 Å². The maximum atomic E-state index is 12.4. The van der Waals surface area contributed by atoms with Crippen LogP contribution in [-0.2, 0) is 4.84 Å². The third-order valence-corrected chi connectivity index (χ3v) is 4.04. The molecule has 0 aliphatic carbocycles. The van der Waals surface area contributed by atoms with Crippen LogP contribution in [-0.4, -0.2) is 36.1 Å². The highest BCUT2D eigenvalue weighted by atomic mass is 35.5. The van der Waals surface area contributed by atoms with E-state index in [1.165, 1.54) is 24.3 Å². The van der Waals surface area contributed by atoms with Gasteiger partial charge in [0, 0.05) is 0 Å². The molecule has 2 amide bonds. The molecule has 0 saturated heterocycles. The number of hydrogen-bond donors (Lipinski definition) is 0. The number of hydroxylamine groups is 2. The Labute approximate surface area is 146 Å². The summed E-state index contributed by atoms with van der Waals surface area (Å²) >= 11 is 6.08. The second kappa shape index (κ2) is 5.78. The van der Waals surface area contributed by atoms with Crippen molar-refractivity contribution in [1.82, 2.24) is 5.06 Å². The van der Waals surface area contributed by atoms with Crippen molar-refractivity contribution < 1.29 is 28.7 Å². The lowest BCUT2D eigenvalue weighted by Crippen LogP contribution is -2.32. The van der Waals surface area contributed by atoms with Crippen LogP contribution in [0.15, 0.2) is 36.4 Å². The number of hydrogen-bond acceptors (Lipinski definition) is 6. The number of benzene rings is 2. The fourth-order valence-corrected chi connectivity index (χ4v) is 2.88. The summed E-state index contributed by atoms with van der Waals surface area (Å²) in [6.07, 6.45) is 0. The maximum Gasteiger partial charge on any atom is 0.364 e. The highest BCUT2D eigenvalue weighted by molar-refractivity contribution is 6.32. The second-order valence-corrected chi connectivity index (χ2v) is 5.72. The number of imide groups is 1. The van der Waals surface area contributed by atoms with Crippen LogP contribution in [0.25, 0.3) is 0 Å². The smallest absolute Gasteiger partial charge is 0.364 e. The summed E-state index contributed by atoms with van der Waals surface area (Å²) < 4.78 is 10.8. The van der Waals surface area contributed by atoms with Crippen molar-refractivity contribution in [2.24, 2.45) is 0 Å². The van der Waals surface area contributed by atoms with Gasteiger partial charge in [0.25, 0.3) is 11.8 Å². The monoisotopic (exact) mass is 359 g/mol. The molecule has 2 aliphatic heterocycles. The molecule has 2 heterocycles. The number of carbonyl (C=O) groups is 3. The number of ether oxygens (including phenoxy) is 2. The van der Waals surface area contributed by atoms with Gasteiger partial charge in [0.15, 0.2) is 11.5 Å². The molecule has 0 saturated carbocycles. The summed E-state index contributed by atoms with van der Waals surface area (Å²) in [5, 5.41) is 0.615. The number of halogens is 1. The van der Waals surface area contributed by atoms with Crippen molar-refractivity contribution in [2.75, 3.05) is 13.2 Å². The zero-order valence-corrected chi connectivity index (χ0v) is 13.4. The van der Waals surface area contributed by atoms with Gasteiger partial charge in [-0.05, 0) is 24.3 Å². The van der Waals surface area contributed by atoms with Crippen LogP contribution in [0.4, 0.5) is 0 Å². The van der Waals surface area contributed by atoms with Gasteiger partial charge in [-0.2, -0.15) is 0 Å². The molecule has 7 nitrogen and oxygen atoms in total. The van der Waals surface area contributed by atoms with E-state index in [0.29, 0.717) is 29.8 Å². The van der Waals surface area contributed by atoms with Crippen molar-refractivity contribution in [1.29, 1.82) is 0 Å². The van der Waals surface area contributed by atoms with E-state index in [9.17, 15) is 14.4 Å². The molecule has 0 unspecified atom stereocenters. The molecule has 0 radical (unpaired) electrons. The fourth-order valence-electron chi connectivity index (χ4n) is 2.61. The zero-order valence-electron chi connectivity index (χ0n) is 12.7. The Bertz CT molecular complexity index is 890. The average molecular weight is 360 g/mol. The Morgan fingerprint density at radius 3 is 2.36 bits per heavy atom. The van der Waals surface area contributed by atoms with Crippen molar-refractivity contribution >= 4 is 29.4 Å². The summed E-state index contributed by atoms with van der Waals surface area (Å²) in [7, 11) is 0. The lowest BCUT2D eigenvalue weighted by atomic mass is 10.1. The summed E-state index contributed by atoms with van der Waals surface area (Å²) in [5.74, 6) is -1.66. The summed E-state index contributed by atoms with van der Waals surface area (Å²) in [6, 6.07) is 8.94. The van der Waals surface area contributed by atoms with Crippen molar-refractivity contribution in [3.05, 3.63) is 58.1 Å². The van der Waals surface area contributed by atoms with E-state index in [1.54, 1.807) is 12.1 Å². The number of rotatable bonds is 2. The zero-order chi connectivity index (χ0) is 17.6. The van der Waals surface area contributed by atoms with E-state index in [2.05, 4.69) is 0 Å². The minimum atomic E-state index is -0.909. The van der Waals surface area contributed by atoms with Gasteiger partial charge in [-0.3, -0.25) is 9.59 Å². The lowest BCUT2D eigenvalue weighted by Gasteiger charge is -2.20. The molecule has 2 aromatic rings. The molecule has 25 heavy (non-hydrogen) atoms. The molecule has 4 rings (SSSR count). The molecule has 2 aliphatic rings. The van der Waals surface area contributed by atoms with Crippen molar-refractivity contribution in [3.63, 3.8) is 0 Å². The van der Waals surface area contributed by atoms with Gasteiger partial charge in [-0.15, -0.1) is 0 Å². The number of amides is 2. The van der Waals surface area contributed by atoms with Crippen LogP contribution < -0.4 is 9.47 Å². The Hall–Kier alpha value is -3.06. The minimum absolute atomic E-state index is 0.0332. The van der Waals surface area contributed by atoms with E-state index < -0.39 is 17.8 Å². The average Bonchev–Trinajstić information content (AvgIpc) is 2.87. The molecule has 0 spiro atoms. The first kappa shape index (κ1) is 15.5. The van der Waals surface area contributed by atoms with Gasteiger partial charge in [-0.25, -0.2) is 4.79 Å². The van der Waals surface area contributed by atoms with E-state index in [-0.39, 0.29) is 21.7 Å². The normalized spacial score (nSPS) is 15.2. The summed E-state index contributed by atoms with van der Waals surface area (Å²) in [4.78, 5) is 41.8. The van der Waals surface area contributed by atoms with Gasteiger partial charge in [-0.1, -0.05) is 28.8 Å². The third-order valence-electron chi connectivity index (χ3n) is 3.76. The van der Waals surface area contributed by atoms with Crippen LogP contribution in [0.1, 0.15) is 31.1 Å². The van der Waals surface area contributed by atoms with Crippen LogP contribution >= 0.6 is 11.6 Å². The molecule has 0 bridgehead atoms. The lowest BCUT2D eigenvalue weighted by molar-refractivity contribution is -0.0584. The summed E-state index contributed by atoms with van der Waals surface area (Å²) in [5.41, 5.74) is 0.395. The third kappa shape index (κ3) is 2.49. The molecule has 0 aromatic heterocycles. The predicted octanol–water partition coefficient (Wildman–Crippen LogP) is 2.48.